The van der Waals surface area contributed by atoms with Gasteiger partial charge in [0.25, 0.3) is 10.0 Å². The van der Waals surface area contributed by atoms with Crippen LogP contribution in [0.3, 0.4) is 0 Å². The first-order chi connectivity index (χ1) is 21.7. The van der Waals surface area contributed by atoms with E-state index in [4.69, 9.17) is 32.7 Å². The van der Waals surface area contributed by atoms with Crippen LogP contribution in [0, 0.1) is 0 Å². The summed E-state index contributed by atoms with van der Waals surface area (Å²) in [5.41, 5.74) is 0.682. The van der Waals surface area contributed by atoms with E-state index in [0.717, 1.165) is 36.4 Å². The number of nitrogens with zero attached hydrogens (tertiary/aromatic N) is 2. The molecule has 1 aliphatic carbocycles. The normalized spacial score (nSPS) is 15.6. The van der Waals surface area contributed by atoms with Crippen LogP contribution in [0.2, 0.25) is 10.0 Å². The summed E-state index contributed by atoms with van der Waals surface area (Å²) in [6, 6.07) is 16.8. The maximum absolute atomic E-state index is 14.4. The van der Waals surface area contributed by atoms with Gasteiger partial charge in [-0.05, 0) is 55.7 Å². The van der Waals surface area contributed by atoms with E-state index in [1.807, 2.05) is 6.92 Å². The van der Waals surface area contributed by atoms with Crippen LogP contribution >= 0.6 is 23.2 Å². The van der Waals surface area contributed by atoms with Gasteiger partial charge in [-0.15, -0.1) is 0 Å². The second-order valence-electron chi connectivity index (χ2n) is 11.1. The molecule has 0 spiro atoms. The number of sulfonamides is 1. The molecule has 5 rings (SSSR count). The highest BCUT2D eigenvalue weighted by molar-refractivity contribution is 7.92. The fourth-order valence-corrected chi connectivity index (χ4v) is 7.70. The Kier molecular flexibility index (Phi) is 10.8. The van der Waals surface area contributed by atoms with Gasteiger partial charge >= 0.3 is 0 Å². The molecule has 3 aromatic carbocycles. The topological polar surface area (TPSA) is 105 Å². The summed E-state index contributed by atoms with van der Waals surface area (Å²) in [4.78, 5) is 29.6. The number of amides is 2. The highest BCUT2D eigenvalue weighted by atomic mass is 35.5. The quantitative estimate of drug-likeness (QED) is 0.259. The Morgan fingerprint density at radius 1 is 0.911 bits per heavy atom. The van der Waals surface area contributed by atoms with Crippen LogP contribution in [0.1, 0.15) is 51.0 Å². The number of anilines is 1. The summed E-state index contributed by atoms with van der Waals surface area (Å²) in [5.74, 6) is -0.0324. The second-order valence-corrected chi connectivity index (χ2v) is 13.8. The Hall–Kier alpha value is -3.47. The Bertz CT molecular complexity index is 1600. The summed E-state index contributed by atoms with van der Waals surface area (Å²) in [6.07, 6.45) is 5.23. The molecule has 3 aromatic rings. The van der Waals surface area contributed by atoms with Gasteiger partial charge in [-0.25, -0.2) is 8.42 Å². The molecule has 12 heteroatoms. The molecule has 1 atom stereocenters. The molecular formula is C33H37Cl2N3O6S. The molecule has 45 heavy (non-hydrogen) atoms. The lowest BCUT2D eigenvalue weighted by Crippen LogP contribution is -2.54. The third-order valence-electron chi connectivity index (χ3n) is 8.15. The van der Waals surface area contributed by atoms with Crippen molar-refractivity contribution in [2.75, 3.05) is 24.1 Å². The predicted molar refractivity (Wildman–Crippen MR) is 175 cm³/mol. The molecule has 1 saturated carbocycles. The lowest BCUT2D eigenvalue weighted by molar-refractivity contribution is -0.140. The van der Waals surface area contributed by atoms with Crippen molar-refractivity contribution in [1.82, 2.24) is 10.2 Å². The lowest BCUT2D eigenvalue weighted by Gasteiger charge is -2.35. The highest BCUT2D eigenvalue weighted by Gasteiger charge is 2.35. The third-order valence-corrected chi connectivity index (χ3v) is 10.6. The molecule has 0 saturated heterocycles. The maximum atomic E-state index is 14.4. The fraction of sp³-hybridized carbons (Fsp3) is 0.394. The van der Waals surface area contributed by atoms with Gasteiger partial charge in [0.05, 0.1) is 10.6 Å². The molecule has 0 aromatic heterocycles. The van der Waals surface area contributed by atoms with E-state index in [0.29, 0.717) is 46.7 Å². The molecular weight excluding hydrogens is 637 g/mol. The van der Waals surface area contributed by atoms with Crippen LogP contribution in [0.5, 0.6) is 11.5 Å². The first-order valence-electron chi connectivity index (χ1n) is 15.2. The number of benzene rings is 3. The van der Waals surface area contributed by atoms with Crippen molar-refractivity contribution >= 4 is 50.7 Å². The summed E-state index contributed by atoms with van der Waals surface area (Å²) in [7, 11) is -4.24. The zero-order valence-corrected chi connectivity index (χ0v) is 27.4. The third kappa shape index (κ3) is 7.68. The van der Waals surface area contributed by atoms with Crippen molar-refractivity contribution in [3.05, 3.63) is 82.3 Å². The first kappa shape index (κ1) is 32.9. The van der Waals surface area contributed by atoms with Gasteiger partial charge in [-0.2, -0.15) is 0 Å². The summed E-state index contributed by atoms with van der Waals surface area (Å²) in [5, 5.41) is 3.81. The molecule has 2 amide bonds. The van der Waals surface area contributed by atoms with E-state index >= 15 is 0 Å². The maximum Gasteiger partial charge on any atom is 0.264 e. The fourth-order valence-electron chi connectivity index (χ4n) is 5.75. The number of rotatable bonds is 11. The number of nitrogens with one attached hydrogen (secondary N) is 1. The molecule has 1 fully saturated rings. The largest absolute Gasteiger partial charge is 0.486 e. The zero-order chi connectivity index (χ0) is 32.0. The summed E-state index contributed by atoms with van der Waals surface area (Å²) >= 11 is 13.1. The van der Waals surface area contributed by atoms with Gasteiger partial charge in [-0.3, -0.25) is 13.9 Å². The van der Waals surface area contributed by atoms with Crippen LogP contribution < -0.4 is 19.1 Å². The van der Waals surface area contributed by atoms with Crippen molar-refractivity contribution in [3.8, 4) is 11.5 Å². The van der Waals surface area contributed by atoms with Gasteiger partial charge in [-0.1, -0.05) is 73.7 Å². The van der Waals surface area contributed by atoms with Crippen LogP contribution in [0.15, 0.2) is 71.6 Å². The van der Waals surface area contributed by atoms with Gasteiger partial charge in [0.2, 0.25) is 11.8 Å². The standard InChI is InChI=1S/C33H37Cl2N3O6S/c1-2-29(33(40)36-23-10-5-3-6-11-23)37(21-26-27(34)14-9-15-28(26)35)32(39)22-38(45(41,42)25-12-7-4-8-13-25)24-16-17-30-31(20-24)44-19-18-43-30/h4,7-9,12-17,20,23,29H,2-3,5-6,10-11,18-19,21-22H2,1H3,(H,36,40)/t29-/m1/s1. The Labute approximate surface area is 274 Å². The highest BCUT2D eigenvalue weighted by Crippen LogP contribution is 2.36. The average Bonchev–Trinajstić information content (AvgIpc) is 3.05. The molecule has 1 N–H and O–H groups in total. The van der Waals surface area contributed by atoms with Gasteiger partial charge in [0, 0.05) is 34.3 Å². The van der Waals surface area contributed by atoms with E-state index in [9.17, 15) is 18.0 Å². The molecule has 1 aliphatic heterocycles. The van der Waals surface area contributed by atoms with E-state index in [1.54, 1.807) is 54.6 Å². The van der Waals surface area contributed by atoms with Crippen molar-refractivity contribution in [2.24, 2.45) is 0 Å². The number of hydrogen-bond donors (Lipinski definition) is 1. The molecule has 2 aliphatic rings. The van der Waals surface area contributed by atoms with Gasteiger partial charge in [0.15, 0.2) is 11.5 Å². The first-order valence-corrected chi connectivity index (χ1v) is 17.4. The zero-order valence-electron chi connectivity index (χ0n) is 25.1. The van der Waals surface area contributed by atoms with Crippen LogP contribution in [-0.2, 0) is 26.2 Å². The van der Waals surface area contributed by atoms with Gasteiger partial charge in [0.1, 0.15) is 25.8 Å². The minimum atomic E-state index is -4.24. The van der Waals surface area contributed by atoms with Crippen molar-refractivity contribution in [3.63, 3.8) is 0 Å². The Balaban J connectivity index is 1.53. The summed E-state index contributed by atoms with van der Waals surface area (Å²) in [6.45, 7) is 1.82. The van der Waals surface area contributed by atoms with Crippen LogP contribution in [0.4, 0.5) is 5.69 Å². The van der Waals surface area contributed by atoms with E-state index in [1.165, 1.54) is 17.0 Å². The van der Waals surface area contributed by atoms with Crippen LogP contribution in [-0.4, -0.2) is 57.0 Å². The van der Waals surface area contributed by atoms with Crippen LogP contribution in [0.25, 0.3) is 0 Å². The predicted octanol–water partition coefficient (Wildman–Crippen LogP) is 6.22. The van der Waals surface area contributed by atoms with E-state index in [2.05, 4.69) is 5.32 Å². The number of carbonyl (C=O) groups excluding carboxylic acids is 2. The SMILES string of the molecule is CC[C@H](C(=O)NC1CCCCC1)N(Cc1c(Cl)cccc1Cl)C(=O)CN(c1ccc2c(c1)OCCO2)S(=O)(=O)c1ccccc1. The number of hydrogen-bond acceptors (Lipinski definition) is 6. The smallest absolute Gasteiger partial charge is 0.264 e. The number of ether oxygens (including phenoxy) is 2. The molecule has 0 bridgehead atoms. The molecule has 9 nitrogen and oxygen atoms in total. The summed E-state index contributed by atoms with van der Waals surface area (Å²) < 4.78 is 40.6. The van der Waals surface area contributed by atoms with Crippen molar-refractivity contribution in [1.29, 1.82) is 0 Å². The van der Waals surface area contributed by atoms with Gasteiger partial charge < -0.3 is 19.7 Å². The Morgan fingerprint density at radius 3 is 2.24 bits per heavy atom. The van der Waals surface area contributed by atoms with Crippen molar-refractivity contribution in [2.45, 2.75) is 69.0 Å². The number of halogens is 2. The molecule has 0 radical (unpaired) electrons. The van der Waals surface area contributed by atoms with E-state index < -0.39 is 28.5 Å². The molecule has 240 valence electrons. The number of carbonyl (C=O) groups is 2. The average molecular weight is 675 g/mol. The molecule has 0 unspecified atom stereocenters. The van der Waals surface area contributed by atoms with Crippen molar-refractivity contribution < 1.29 is 27.5 Å². The minimum absolute atomic E-state index is 0.00969. The second kappa shape index (κ2) is 14.7. The number of fused-ring (bicyclic) bond motifs is 1. The monoisotopic (exact) mass is 673 g/mol. The Morgan fingerprint density at radius 2 is 1.58 bits per heavy atom. The lowest BCUT2D eigenvalue weighted by atomic mass is 9.95. The molecule has 1 heterocycles. The van der Waals surface area contributed by atoms with E-state index in [-0.39, 0.29) is 29.1 Å². The minimum Gasteiger partial charge on any atom is -0.486 e.